The molecule has 1 heterocycles. The Balaban J connectivity index is 1.64. The highest BCUT2D eigenvalue weighted by Crippen LogP contribution is 2.34. The van der Waals surface area contributed by atoms with E-state index in [1.54, 1.807) is 0 Å². The zero-order valence-electron chi connectivity index (χ0n) is 12.5. The Hall–Kier alpha value is -1.68. The minimum absolute atomic E-state index is 0.226. The average Bonchev–Trinajstić information content (AvgIpc) is 2.99. The minimum atomic E-state index is -0.226. The molecule has 0 aliphatic heterocycles. The van der Waals surface area contributed by atoms with Crippen LogP contribution in [-0.2, 0) is 6.42 Å². The third-order valence-electron chi connectivity index (χ3n) is 4.45. The second-order valence-corrected chi connectivity index (χ2v) is 6.24. The fourth-order valence-corrected chi connectivity index (χ4v) is 3.04. The van der Waals surface area contributed by atoms with Crippen molar-refractivity contribution in [3.8, 4) is 0 Å². The summed E-state index contributed by atoms with van der Waals surface area (Å²) in [4.78, 5) is 4.55. The molecule has 4 heteroatoms. The van der Waals surface area contributed by atoms with Gasteiger partial charge in [-0.25, -0.2) is 0 Å². The molecule has 0 spiro atoms. The monoisotopic (exact) mass is 285 g/mol. The lowest BCUT2D eigenvalue weighted by Gasteiger charge is -2.23. The maximum atomic E-state index is 6.20. The Morgan fingerprint density at radius 2 is 1.90 bits per heavy atom. The summed E-state index contributed by atoms with van der Waals surface area (Å²) in [5.74, 6) is 2.68. The fourth-order valence-electron chi connectivity index (χ4n) is 3.04. The molecule has 4 nitrogen and oxygen atoms in total. The van der Waals surface area contributed by atoms with Crippen molar-refractivity contribution < 1.29 is 4.52 Å². The van der Waals surface area contributed by atoms with E-state index in [0.29, 0.717) is 11.8 Å². The predicted octanol–water partition coefficient (Wildman–Crippen LogP) is 3.61. The fraction of sp³-hybridized carbons (Fsp3) is 0.529. The van der Waals surface area contributed by atoms with Gasteiger partial charge in [0.05, 0.1) is 6.04 Å². The number of benzene rings is 1. The maximum Gasteiger partial charge on any atom is 0.243 e. The van der Waals surface area contributed by atoms with E-state index in [1.807, 2.05) is 18.2 Å². The van der Waals surface area contributed by atoms with Crippen molar-refractivity contribution in [2.24, 2.45) is 11.7 Å². The number of rotatable bonds is 4. The average molecular weight is 285 g/mol. The van der Waals surface area contributed by atoms with Crippen molar-refractivity contribution in [1.82, 2.24) is 10.1 Å². The molecule has 2 aromatic rings. The molecule has 1 fully saturated rings. The lowest BCUT2D eigenvalue weighted by atomic mass is 9.83. The van der Waals surface area contributed by atoms with E-state index in [1.165, 1.54) is 18.4 Å². The molecular formula is C17H23N3O. The van der Waals surface area contributed by atoms with Crippen LogP contribution in [0.3, 0.4) is 0 Å². The molecule has 112 valence electrons. The Labute approximate surface area is 125 Å². The second kappa shape index (κ2) is 6.39. The van der Waals surface area contributed by atoms with E-state index in [9.17, 15) is 0 Å². The van der Waals surface area contributed by atoms with Crippen LogP contribution in [0.2, 0.25) is 0 Å². The second-order valence-electron chi connectivity index (χ2n) is 6.24. The summed E-state index contributed by atoms with van der Waals surface area (Å²) in [7, 11) is 0. The molecule has 1 aliphatic carbocycles. The van der Waals surface area contributed by atoms with Crippen LogP contribution >= 0.6 is 0 Å². The lowest BCUT2D eigenvalue weighted by Crippen LogP contribution is -2.15. The summed E-state index contributed by atoms with van der Waals surface area (Å²) in [6.07, 6.45) is 5.56. The van der Waals surface area contributed by atoms with Gasteiger partial charge in [0.1, 0.15) is 0 Å². The van der Waals surface area contributed by atoms with E-state index in [-0.39, 0.29) is 6.04 Å². The number of nitrogens with zero attached hydrogens (tertiary/aromatic N) is 2. The van der Waals surface area contributed by atoms with Crippen LogP contribution in [0.15, 0.2) is 34.9 Å². The summed E-state index contributed by atoms with van der Waals surface area (Å²) in [6, 6.07) is 9.95. The van der Waals surface area contributed by atoms with Crippen molar-refractivity contribution in [3.05, 3.63) is 47.6 Å². The Kier molecular flexibility index (Phi) is 4.34. The normalized spacial score (nSPS) is 23.9. The first-order valence-corrected chi connectivity index (χ1v) is 7.85. The molecule has 0 saturated heterocycles. The third kappa shape index (κ3) is 3.50. The van der Waals surface area contributed by atoms with Gasteiger partial charge < -0.3 is 10.3 Å². The van der Waals surface area contributed by atoms with Gasteiger partial charge >= 0.3 is 0 Å². The van der Waals surface area contributed by atoms with Gasteiger partial charge in [-0.3, -0.25) is 0 Å². The summed E-state index contributed by atoms with van der Waals surface area (Å²) < 4.78 is 5.39. The molecule has 1 aromatic heterocycles. The van der Waals surface area contributed by atoms with Gasteiger partial charge in [-0.2, -0.15) is 4.98 Å². The van der Waals surface area contributed by atoms with E-state index in [4.69, 9.17) is 10.3 Å². The largest absolute Gasteiger partial charge is 0.338 e. The molecule has 0 amide bonds. The van der Waals surface area contributed by atoms with Crippen LogP contribution in [0.4, 0.5) is 0 Å². The molecule has 3 rings (SSSR count). The number of nitrogens with two attached hydrogens (primary N) is 1. The van der Waals surface area contributed by atoms with Crippen molar-refractivity contribution in [3.63, 3.8) is 0 Å². The van der Waals surface area contributed by atoms with E-state index < -0.39 is 0 Å². The Morgan fingerprint density at radius 3 is 2.62 bits per heavy atom. The van der Waals surface area contributed by atoms with Gasteiger partial charge in [0.15, 0.2) is 5.82 Å². The smallest absolute Gasteiger partial charge is 0.243 e. The first-order chi connectivity index (χ1) is 10.2. The molecule has 1 aliphatic rings. The molecule has 1 saturated carbocycles. The molecule has 1 aromatic carbocycles. The highest BCUT2D eigenvalue weighted by molar-refractivity contribution is 5.16. The predicted molar refractivity (Wildman–Crippen MR) is 81.7 cm³/mol. The zero-order chi connectivity index (χ0) is 14.7. The highest BCUT2D eigenvalue weighted by atomic mass is 16.5. The summed E-state index contributed by atoms with van der Waals surface area (Å²) >= 11 is 0. The van der Waals surface area contributed by atoms with Crippen LogP contribution in [-0.4, -0.2) is 10.1 Å². The number of hydrogen-bond acceptors (Lipinski definition) is 4. The van der Waals surface area contributed by atoms with Crippen LogP contribution in [0.5, 0.6) is 0 Å². The first-order valence-electron chi connectivity index (χ1n) is 7.85. The van der Waals surface area contributed by atoms with Crippen molar-refractivity contribution in [2.45, 2.75) is 51.0 Å². The van der Waals surface area contributed by atoms with E-state index in [2.05, 4.69) is 29.2 Å². The van der Waals surface area contributed by atoms with Crippen molar-refractivity contribution >= 4 is 0 Å². The lowest BCUT2D eigenvalue weighted by molar-refractivity contribution is 0.319. The summed E-state index contributed by atoms with van der Waals surface area (Å²) in [5.41, 5.74) is 7.39. The maximum absolute atomic E-state index is 6.20. The third-order valence-corrected chi connectivity index (χ3v) is 4.45. The topological polar surface area (TPSA) is 64.9 Å². The minimum Gasteiger partial charge on any atom is -0.338 e. The number of aromatic nitrogens is 2. The summed E-state index contributed by atoms with van der Waals surface area (Å²) in [5, 5.41) is 4.16. The first kappa shape index (κ1) is 14.3. The van der Waals surface area contributed by atoms with Gasteiger partial charge in [0.25, 0.3) is 0 Å². The van der Waals surface area contributed by atoms with Crippen LogP contribution in [0.1, 0.15) is 61.8 Å². The molecule has 0 radical (unpaired) electrons. The highest BCUT2D eigenvalue weighted by Gasteiger charge is 2.25. The molecule has 21 heavy (non-hydrogen) atoms. The van der Waals surface area contributed by atoms with Crippen LogP contribution < -0.4 is 5.73 Å². The quantitative estimate of drug-likeness (QED) is 0.932. The molecule has 0 bridgehead atoms. The molecular weight excluding hydrogens is 262 g/mol. The van der Waals surface area contributed by atoms with Gasteiger partial charge in [-0.1, -0.05) is 55.3 Å². The van der Waals surface area contributed by atoms with Crippen molar-refractivity contribution in [1.29, 1.82) is 0 Å². The van der Waals surface area contributed by atoms with Crippen LogP contribution in [0, 0.1) is 5.92 Å². The Morgan fingerprint density at radius 1 is 1.19 bits per heavy atom. The Bertz CT molecular complexity index is 558. The van der Waals surface area contributed by atoms with Gasteiger partial charge in [0, 0.05) is 5.92 Å². The molecule has 1 atom stereocenters. The van der Waals surface area contributed by atoms with Gasteiger partial charge in [0.2, 0.25) is 5.89 Å². The zero-order valence-corrected chi connectivity index (χ0v) is 12.5. The summed E-state index contributed by atoms with van der Waals surface area (Å²) in [6.45, 7) is 2.31. The van der Waals surface area contributed by atoms with Gasteiger partial charge in [-0.05, 0) is 30.7 Å². The van der Waals surface area contributed by atoms with Crippen LogP contribution in [0.25, 0.3) is 0 Å². The van der Waals surface area contributed by atoms with E-state index >= 15 is 0 Å². The molecule has 2 N–H and O–H groups in total. The van der Waals surface area contributed by atoms with Gasteiger partial charge in [-0.15, -0.1) is 0 Å². The van der Waals surface area contributed by atoms with E-state index in [0.717, 1.165) is 31.0 Å². The van der Waals surface area contributed by atoms with Crippen molar-refractivity contribution in [2.75, 3.05) is 0 Å². The molecule has 0 unspecified atom stereocenters. The SMILES string of the molecule is CC1CCC(c2noc([C@@H](N)Cc3ccccc3)n2)CC1. The number of hydrogen-bond donors (Lipinski definition) is 1. The standard InChI is InChI=1S/C17H23N3O/c1-12-7-9-14(10-8-12)16-19-17(21-20-16)15(18)11-13-5-3-2-4-6-13/h2-6,12,14-15H,7-11,18H2,1H3/t12?,14?,15-/m0/s1.